The minimum absolute atomic E-state index is 0.0684. The van der Waals surface area contributed by atoms with Gasteiger partial charge >= 0.3 is 0 Å². The molecule has 3 nitrogen and oxygen atoms in total. The summed E-state index contributed by atoms with van der Waals surface area (Å²) >= 11 is 6.00. The number of hydrogen-bond acceptors (Lipinski definition) is 3. The lowest BCUT2D eigenvalue weighted by atomic mass is 10.0. The van der Waals surface area contributed by atoms with E-state index in [9.17, 15) is 5.11 Å². The third-order valence-corrected chi connectivity index (χ3v) is 2.91. The van der Waals surface area contributed by atoms with Crippen molar-refractivity contribution < 1.29 is 14.9 Å². The molecule has 0 aliphatic heterocycles. The maximum absolute atomic E-state index is 9.93. The van der Waals surface area contributed by atoms with Crippen LogP contribution < -0.4 is 4.74 Å². The van der Waals surface area contributed by atoms with Crippen LogP contribution in [0, 0.1) is 6.92 Å². The highest BCUT2D eigenvalue weighted by molar-refractivity contribution is 6.31. The van der Waals surface area contributed by atoms with E-state index in [1.165, 1.54) is 0 Å². The molecule has 0 aliphatic carbocycles. The van der Waals surface area contributed by atoms with Crippen LogP contribution in [-0.2, 0) is 0 Å². The van der Waals surface area contributed by atoms with Gasteiger partial charge in [0.2, 0.25) is 0 Å². The lowest BCUT2D eigenvalue weighted by molar-refractivity contribution is 0.148. The van der Waals surface area contributed by atoms with E-state index in [1.807, 2.05) is 6.92 Å². The number of ether oxygens (including phenoxy) is 1. The summed E-state index contributed by atoms with van der Waals surface area (Å²) < 4.78 is 5.20. The molecule has 0 radical (unpaired) electrons. The van der Waals surface area contributed by atoms with E-state index in [4.69, 9.17) is 21.4 Å². The van der Waals surface area contributed by atoms with Gasteiger partial charge in [-0.1, -0.05) is 11.6 Å². The van der Waals surface area contributed by atoms with E-state index in [0.29, 0.717) is 29.2 Å². The van der Waals surface area contributed by atoms with Crippen LogP contribution in [0.5, 0.6) is 5.75 Å². The molecule has 0 amide bonds. The molecule has 0 saturated carbocycles. The van der Waals surface area contributed by atoms with Crippen LogP contribution in [0.4, 0.5) is 0 Å². The van der Waals surface area contributed by atoms with Gasteiger partial charge in [-0.25, -0.2) is 0 Å². The van der Waals surface area contributed by atoms with Gasteiger partial charge in [-0.2, -0.15) is 0 Å². The van der Waals surface area contributed by atoms with Crippen molar-refractivity contribution >= 4 is 11.6 Å². The number of aliphatic hydroxyl groups is 2. The van der Waals surface area contributed by atoms with Crippen molar-refractivity contribution in [1.29, 1.82) is 0 Å². The predicted molar refractivity (Wildman–Crippen MR) is 64.0 cm³/mol. The molecule has 1 aromatic rings. The second kappa shape index (κ2) is 6.09. The van der Waals surface area contributed by atoms with Gasteiger partial charge < -0.3 is 14.9 Å². The molecule has 0 heterocycles. The summed E-state index contributed by atoms with van der Waals surface area (Å²) in [7, 11) is 1.56. The standard InChI is InChI=1S/C12H17ClO3/c1-8-6-12(16-2)9(7-10(8)13)11(15)4-3-5-14/h6-7,11,14-15H,3-5H2,1-2H3. The molecule has 16 heavy (non-hydrogen) atoms. The van der Waals surface area contributed by atoms with Crippen LogP contribution in [0.1, 0.15) is 30.1 Å². The first-order valence-corrected chi connectivity index (χ1v) is 5.61. The first kappa shape index (κ1) is 13.3. The minimum atomic E-state index is -0.653. The highest BCUT2D eigenvalue weighted by atomic mass is 35.5. The summed E-state index contributed by atoms with van der Waals surface area (Å²) in [5.41, 5.74) is 1.59. The summed E-state index contributed by atoms with van der Waals surface area (Å²) in [5.74, 6) is 0.632. The SMILES string of the molecule is COc1cc(C)c(Cl)cc1C(O)CCCO. The number of aliphatic hydroxyl groups excluding tert-OH is 2. The Labute approximate surface area is 101 Å². The molecular weight excluding hydrogens is 228 g/mol. The number of benzene rings is 1. The third-order valence-electron chi connectivity index (χ3n) is 2.51. The van der Waals surface area contributed by atoms with Gasteiger partial charge in [0, 0.05) is 17.2 Å². The van der Waals surface area contributed by atoms with Gasteiger partial charge in [0.05, 0.1) is 13.2 Å². The maximum Gasteiger partial charge on any atom is 0.125 e. The van der Waals surface area contributed by atoms with Crippen LogP contribution in [0.15, 0.2) is 12.1 Å². The Balaban J connectivity index is 2.96. The van der Waals surface area contributed by atoms with Gasteiger partial charge in [0.25, 0.3) is 0 Å². The van der Waals surface area contributed by atoms with Crippen LogP contribution in [0.3, 0.4) is 0 Å². The minimum Gasteiger partial charge on any atom is -0.496 e. The van der Waals surface area contributed by atoms with E-state index in [2.05, 4.69) is 0 Å². The van der Waals surface area contributed by atoms with E-state index in [-0.39, 0.29) is 6.61 Å². The molecule has 0 fully saturated rings. The zero-order valence-corrected chi connectivity index (χ0v) is 10.3. The van der Waals surface area contributed by atoms with Gasteiger partial charge in [0.1, 0.15) is 5.75 Å². The van der Waals surface area contributed by atoms with Gasteiger partial charge in [-0.3, -0.25) is 0 Å². The van der Waals surface area contributed by atoms with Gasteiger partial charge in [-0.15, -0.1) is 0 Å². The molecule has 1 atom stereocenters. The Kier molecular flexibility index (Phi) is 5.06. The fraction of sp³-hybridized carbons (Fsp3) is 0.500. The summed E-state index contributed by atoms with van der Waals surface area (Å²) in [6, 6.07) is 3.53. The maximum atomic E-state index is 9.93. The molecule has 0 aromatic heterocycles. The van der Waals surface area contributed by atoms with Crippen LogP contribution >= 0.6 is 11.6 Å². The van der Waals surface area contributed by atoms with E-state index >= 15 is 0 Å². The Morgan fingerprint density at radius 1 is 1.44 bits per heavy atom. The number of aryl methyl sites for hydroxylation is 1. The fourth-order valence-corrected chi connectivity index (χ4v) is 1.72. The third kappa shape index (κ3) is 3.11. The van der Waals surface area contributed by atoms with Crippen molar-refractivity contribution in [1.82, 2.24) is 0 Å². The van der Waals surface area contributed by atoms with Crippen LogP contribution in [0.25, 0.3) is 0 Å². The molecule has 0 bridgehead atoms. The molecule has 1 rings (SSSR count). The molecule has 2 N–H and O–H groups in total. The number of methoxy groups -OCH3 is 1. The second-order valence-electron chi connectivity index (χ2n) is 3.72. The van der Waals surface area contributed by atoms with Crippen molar-refractivity contribution in [2.75, 3.05) is 13.7 Å². The highest BCUT2D eigenvalue weighted by Crippen LogP contribution is 2.32. The van der Waals surface area contributed by atoms with Crippen molar-refractivity contribution in [3.8, 4) is 5.75 Å². The average molecular weight is 245 g/mol. The Bertz CT molecular complexity index is 352. The summed E-state index contributed by atoms with van der Waals surface area (Å²) in [6.45, 7) is 1.95. The van der Waals surface area contributed by atoms with E-state index in [0.717, 1.165) is 5.56 Å². The topological polar surface area (TPSA) is 49.7 Å². The molecule has 0 aliphatic rings. The zero-order valence-electron chi connectivity index (χ0n) is 9.53. The number of halogens is 1. The van der Waals surface area contributed by atoms with Crippen molar-refractivity contribution in [3.05, 3.63) is 28.3 Å². The molecular formula is C12H17ClO3. The molecule has 90 valence electrons. The van der Waals surface area contributed by atoms with E-state index < -0.39 is 6.10 Å². The van der Waals surface area contributed by atoms with Crippen LogP contribution in [0.2, 0.25) is 5.02 Å². The monoisotopic (exact) mass is 244 g/mol. The normalized spacial score (nSPS) is 12.6. The lowest BCUT2D eigenvalue weighted by Gasteiger charge is -2.15. The first-order chi connectivity index (χ1) is 7.60. The Morgan fingerprint density at radius 3 is 2.69 bits per heavy atom. The first-order valence-electron chi connectivity index (χ1n) is 5.23. The van der Waals surface area contributed by atoms with Crippen molar-refractivity contribution in [2.24, 2.45) is 0 Å². The fourth-order valence-electron chi connectivity index (χ4n) is 1.55. The summed E-state index contributed by atoms with van der Waals surface area (Å²) in [4.78, 5) is 0. The number of hydrogen-bond donors (Lipinski definition) is 2. The van der Waals surface area contributed by atoms with Crippen molar-refractivity contribution in [3.63, 3.8) is 0 Å². The zero-order chi connectivity index (χ0) is 12.1. The smallest absolute Gasteiger partial charge is 0.125 e. The lowest BCUT2D eigenvalue weighted by Crippen LogP contribution is -2.02. The van der Waals surface area contributed by atoms with Crippen LogP contribution in [-0.4, -0.2) is 23.9 Å². The van der Waals surface area contributed by atoms with E-state index in [1.54, 1.807) is 19.2 Å². The Morgan fingerprint density at radius 2 is 2.12 bits per heavy atom. The predicted octanol–water partition coefficient (Wildman–Crippen LogP) is 2.46. The second-order valence-corrected chi connectivity index (χ2v) is 4.13. The molecule has 1 aromatic carbocycles. The molecule has 4 heteroatoms. The average Bonchev–Trinajstić information content (AvgIpc) is 2.28. The summed E-state index contributed by atoms with van der Waals surface area (Å²) in [6.07, 6.45) is 0.391. The van der Waals surface area contributed by atoms with Gasteiger partial charge in [0.15, 0.2) is 0 Å². The van der Waals surface area contributed by atoms with Gasteiger partial charge in [-0.05, 0) is 37.5 Å². The quantitative estimate of drug-likeness (QED) is 0.837. The van der Waals surface area contributed by atoms with Crippen molar-refractivity contribution in [2.45, 2.75) is 25.9 Å². The largest absolute Gasteiger partial charge is 0.496 e. The Hall–Kier alpha value is -0.770. The highest BCUT2D eigenvalue weighted by Gasteiger charge is 2.14. The molecule has 0 saturated heterocycles. The molecule has 0 spiro atoms. The summed E-state index contributed by atoms with van der Waals surface area (Å²) in [5, 5.41) is 19.3. The number of rotatable bonds is 5. The molecule has 1 unspecified atom stereocenters.